The van der Waals surface area contributed by atoms with Crippen LogP contribution < -0.4 is 0 Å². The van der Waals surface area contributed by atoms with Crippen LogP contribution in [0, 0.1) is 0 Å². The second-order valence-corrected chi connectivity index (χ2v) is 30.1. The summed E-state index contributed by atoms with van der Waals surface area (Å²) in [4.78, 5) is 58.6. The summed E-state index contributed by atoms with van der Waals surface area (Å²) in [7, 11) is -9.79. The fourth-order valence-corrected chi connectivity index (χ4v) is 12.5. The monoisotopic (exact) mass is 1490 g/mol. The number of aliphatic hydroxyl groups is 2. The van der Waals surface area contributed by atoms with Gasteiger partial charge in [-0.25, -0.2) is 9.13 Å². The van der Waals surface area contributed by atoms with Gasteiger partial charge in [-0.1, -0.05) is 309 Å². The van der Waals surface area contributed by atoms with Crippen LogP contribution in [0.25, 0.3) is 0 Å². The summed E-state index contributed by atoms with van der Waals surface area (Å²) < 4.78 is 61.1. The summed E-state index contributed by atoms with van der Waals surface area (Å²) >= 11 is 0. The lowest BCUT2D eigenvalue weighted by molar-refractivity contribution is -0.161. The first-order valence-corrected chi connectivity index (χ1v) is 43.8. The molecule has 0 rings (SSSR count). The van der Waals surface area contributed by atoms with Crippen molar-refractivity contribution in [3.8, 4) is 0 Å². The van der Waals surface area contributed by atoms with Gasteiger partial charge in [0.1, 0.15) is 25.4 Å². The van der Waals surface area contributed by atoms with Gasteiger partial charge in [-0.3, -0.25) is 32.5 Å². The third-order valence-electron chi connectivity index (χ3n) is 17.1. The number of hydrogen-bond donors (Lipinski definition) is 4. The van der Waals surface area contributed by atoms with Gasteiger partial charge in [0.25, 0.3) is 0 Å². The van der Waals surface area contributed by atoms with E-state index >= 15 is 0 Å². The van der Waals surface area contributed by atoms with E-state index in [2.05, 4.69) is 142 Å². The summed E-state index contributed by atoms with van der Waals surface area (Å²) in [6.07, 6.45) is 92.5. The molecule has 16 nitrogen and oxygen atoms in total. The molecule has 0 bridgehead atoms. The zero-order chi connectivity index (χ0) is 75.2. The second-order valence-electron chi connectivity index (χ2n) is 27.2. The number of aliphatic hydroxyl groups excluding tert-OH is 2. The molecule has 0 fully saturated rings. The molecule has 0 radical (unpaired) electrons. The molecule has 0 amide bonds. The maximum absolute atomic E-state index is 12.9. The van der Waals surface area contributed by atoms with E-state index in [0.717, 1.165) is 154 Å². The fraction of sp³-hybridized carbons (Fsp3) is 0.729. The first-order valence-electron chi connectivity index (χ1n) is 40.8. The Labute approximate surface area is 627 Å². The first kappa shape index (κ1) is 98.9. The molecule has 0 saturated carbocycles. The van der Waals surface area contributed by atoms with E-state index in [1.807, 2.05) is 0 Å². The van der Waals surface area contributed by atoms with E-state index in [1.54, 1.807) is 0 Å². The molecule has 5 atom stereocenters. The first-order chi connectivity index (χ1) is 50.2. The molecule has 594 valence electrons. The van der Waals surface area contributed by atoms with Crippen LogP contribution in [-0.2, 0) is 55.8 Å². The number of ether oxygens (including phenoxy) is 3. The molecule has 0 aromatic rings. The van der Waals surface area contributed by atoms with Crippen molar-refractivity contribution in [1.29, 1.82) is 0 Å². The molecule has 4 N–H and O–H groups in total. The molecule has 0 aromatic carbocycles. The van der Waals surface area contributed by atoms with Crippen molar-refractivity contribution < 1.29 is 75.8 Å². The number of esters is 3. The number of allylic oxidation sites excluding steroid dienone is 20. The summed E-state index contributed by atoms with van der Waals surface area (Å²) in [5, 5.41) is 20.6. The minimum Gasteiger partial charge on any atom is -0.463 e. The summed E-state index contributed by atoms with van der Waals surface area (Å²) in [6, 6.07) is 0. The highest BCUT2D eigenvalue weighted by atomic mass is 31.2. The molecule has 5 unspecified atom stereocenters. The van der Waals surface area contributed by atoms with Crippen molar-refractivity contribution in [2.75, 3.05) is 39.6 Å². The quantitative estimate of drug-likeness (QED) is 0.0146. The Bertz CT molecular complexity index is 2360. The summed E-state index contributed by atoms with van der Waals surface area (Å²) in [5.74, 6) is -1.59. The molecular weight excluding hydrogens is 1340 g/mol. The van der Waals surface area contributed by atoms with Crippen LogP contribution in [0.5, 0.6) is 0 Å². The fourth-order valence-electron chi connectivity index (χ4n) is 10.9. The highest BCUT2D eigenvalue weighted by Gasteiger charge is 2.29. The van der Waals surface area contributed by atoms with Crippen molar-refractivity contribution in [3.63, 3.8) is 0 Å². The predicted molar refractivity (Wildman–Crippen MR) is 427 cm³/mol. The van der Waals surface area contributed by atoms with E-state index in [4.69, 9.17) is 32.3 Å². The molecule has 0 spiro atoms. The van der Waals surface area contributed by atoms with Gasteiger partial charge < -0.3 is 34.2 Å². The van der Waals surface area contributed by atoms with E-state index in [1.165, 1.54) is 128 Å². The van der Waals surface area contributed by atoms with Crippen molar-refractivity contribution in [2.45, 2.75) is 360 Å². The minimum absolute atomic E-state index is 0.0906. The largest absolute Gasteiger partial charge is 0.472 e. The number of unbranched alkanes of at least 4 members (excludes halogenated alkanes) is 34. The van der Waals surface area contributed by atoms with E-state index in [-0.39, 0.29) is 19.3 Å². The molecule has 0 aliphatic rings. The summed E-state index contributed by atoms with van der Waals surface area (Å²) in [6.45, 7) is 2.52. The number of carbonyl (C=O) groups excluding carboxylic acids is 3. The van der Waals surface area contributed by atoms with Gasteiger partial charge in [-0.15, -0.1) is 0 Å². The van der Waals surface area contributed by atoms with Crippen LogP contribution >= 0.6 is 15.6 Å². The molecule has 0 saturated heterocycles. The average Bonchev–Trinajstić information content (AvgIpc) is 0.947. The Balaban J connectivity index is 4.46. The lowest BCUT2D eigenvalue weighted by Crippen LogP contribution is -2.30. The maximum atomic E-state index is 12.9. The molecular formula is C85H148O16P2. The van der Waals surface area contributed by atoms with Crippen molar-refractivity contribution >= 4 is 33.6 Å². The van der Waals surface area contributed by atoms with Crippen LogP contribution in [0.15, 0.2) is 122 Å². The number of rotatable bonds is 77. The molecule has 18 heteroatoms. The van der Waals surface area contributed by atoms with E-state index in [9.17, 15) is 43.5 Å². The maximum Gasteiger partial charge on any atom is 0.472 e. The van der Waals surface area contributed by atoms with Gasteiger partial charge in [0.15, 0.2) is 6.10 Å². The summed E-state index contributed by atoms with van der Waals surface area (Å²) in [5.41, 5.74) is 0. The van der Waals surface area contributed by atoms with Gasteiger partial charge in [-0.2, -0.15) is 0 Å². The van der Waals surface area contributed by atoms with Gasteiger partial charge in [0, 0.05) is 19.3 Å². The van der Waals surface area contributed by atoms with Gasteiger partial charge in [0.2, 0.25) is 0 Å². The SMILES string of the molecule is CC/C=C\C/C=C\C/C=C\C/C=C\C/C=C\CCCCCCCCCC(=O)OCC(COP(=O)(O)OCC(O)COP(=O)(O)OCC(O)COC(=O)CCCCCCCCCCCCCCCCC/C=C\C/C=C\C/C=C\C/C=C\CCCCC)OC(=O)CCCCCCC/C=C\CCCCCC. The Morgan fingerprint density at radius 3 is 0.845 bits per heavy atom. The smallest absolute Gasteiger partial charge is 0.463 e. The predicted octanol–water partition coefficient (Wildman–Crippen LogP) is 24.1. The number of hydrogen-bond acceptors (Lipinski definition) is 14. The standard InChI is InChI=1S/C85H148O16P2/c1-4-7-10-13-16-19-22-25-27-29-31-33-35-36-37-38-39-40-41-42-44-46-47-49-51-54-56-59-62-65-68-71-83(88)95-74-80(86)75-97-102(91,92)98-76-81(87)77-99-103(93,94)100-79-82(101-85(90)73-70-67-64-61-58-53-24-21-18-15-12-9-6-3)78-96-84(89)72-69-66-63-60-57-55-52-50-48-45-43-34-32-30-28-26-23-20-17-14-11-8-5-2/h8,11,16-17,19-21,24-28,31-34,36-37,45,48,80-82,86-87H,4-7,9-10,12-15,18,22-23,29-30,35,38-44,46-47,49-79H2,1-3H3,(H,91,92)(H,93,94)/b11-8-,19-16-,20-17-,24-21-,27-25-,28-26-,33-31-,34-32-,37-36-,48-45-. The highest BCUT2D eigenvalue weighted by molar-refractivity contribution is 7.47. The topological polar surface area (TPSA) is 231 Å². The van der Waals surface area contributed by atoms with Crippen molar-refractivity contribution in [2.24, 2.45) is 0 Å². The van der Waals surface area contributed by atoms with Crippen molar-refractivity contribution in [1.82, 2.24) is 0 Å². The van der Waals surface area contributed by atoms with Crippen LogP contribution in [0.1, 0.15) is 342 Å². The normalized spacial score (nSPS) is 14.6. The van der Waals surface area contributed by atoms with Crippen LogP contribution in [0.2, 0.25) is 0 Å². The van der Waals surface area contributed by atoms with Crippen LogP contribution in [-0.4, -0.2) is 95.9 Å². The minimum atomic E-state index is -4.93. The molecule has 0 aromatic heterocycles. The van der Waals surface area contributed by atoms with E-state index in [0.29, 0.717) is 19.3 Å². The number of phosphoric ester groups is 2. The molecule has 0 heterocycles. The third-order valence-corrected chi connectivity index (χ3v) is 19.0. The van der Waals surface area contributed by atoms with E-state index < -0.39 is 91.5 Å². The molecule has 0 aliphatic heterocycles. The van der Waals surface area contributed by atoms with Gasteiger partial charge in [-0.05, 0) is 135 Å². The van der Waals surface area contributed by atoms with Crippen LogP contribution in [0.3, 0.4) is 0 Å². The zero-order valence-corrected chi connectivity index (χ0v) is 66.7. The lowest BCUT2D eigenvalue weighted by Gasteiger charge is -2.21. The highest BCUT2D eigenvalue weighted by Crippen LogP contribution is 2.45. The zero-order valence-electron chi connectivity index (χ0n) is 65.0. The number of carbonyl (C=O) groups is 3. The Hall–Kier alpha value is -4.05. The second kappa shape index (κ2) is 77.6. The Morgan fingerprint density at radius 1 is 0.282 bits per heavy atom. The Kier molecular flexibility index (Phi) is 74.5. The average molecular weight is 1490 g/mol. The number of phosphoric acid groups is 2. The van der Waals surface area contributed by atoms with Crippen molar-refractivity contribution in [3.05, 3.63) is 122 Å². The third kappa shape index (κ3) is 78.8. The molecule has 0 aliphatic carbocycles. The van der Waals surface area contributed by atoms with Gasteiger partial charge in [0.05, 0.1) is 26.4 Å². The molecule has 103 heavy (non-hydrogen) atoms. The Morgan fingerprint density at radius 2 is 0.515 bits per heavy atom. The van der Waals surface area contributed by atoms with Crippen LogP contribution in [0.4, 0.5) is 0 Å². The lowest BCUT2D eigenvalue weighted by atomic mass is 10.0. The van der Waals surface area contributed by atoms with Gasteiger partial charge >= 0.3 is 33.6 Å².